The minimum absolute atomic E-state index is 0.282. The summed E-state index contributed by atoms with van der Waals surface area (Å²) in [6.45, 7) is 1.46. The molecular formula is C24H22FN3O2. The van der Waals surface area contributed by atoms with Gasteiger partial charge in [-0.15, -0.1) is 0 Å². The molecule has 0 unspecified atom stereocenters. The highest BCUT2D eigenvalue weighted by atomic mass is 19.1. The molecule has 4 rings (SSSR count). The van der Waals surface area contributed by atoms with Crippen LogP contribution in [0.3, 0.4) is 0 Å². The molecule has 0 saturated carbocycles. The van der Waals surface area contributed by atoms with E-state index >= 15 is 0 Å². The first-order valence-corrected chi connectivity index (χ1v) is 9.94. The molecule has 0 amide bonds. The van der Waals surface area contributed by atoms with Gasteiger partial charge >= 0.3 is 0 Å². The van der Waals surface area contributed by atoms with Crippen LogP contribution < -0.4 is 10.5 Å². The van der Waals surface area contributed by atoms with E-state index in [1.165, 1.54) is 22.9 Å². The smallest absolute Gasteiger partial charge is 0.290 e. The SMILES string of the molecule is Cn1nc(-c2ccccc2)c(C(=O)/C=C\c2ccc(F)cc2)c(N2CCCC2)c1=O. The van der Waals surface area contributed by atoms with Crippen molar-refractivity contribution < 1.29 is 9.18 Å². The van der Waals surface area contributed by atoms with E-state index in [1.54, 1.807) is 25.3 Å². The van der Waals surface area contributed by atoms with Crippen molar-refractivity contribution in [2.45, 2.75) is 12.8 Å². The molecule has 5 nitrogen and oxygen atoms in total. The summed E-state index contributed by atoms with van der Waals surface area (Å²) in [4.78, 5) is 28.3. The van der Waals surface area contributed by atoms with E-state index in [9.17, 15) is 14.0 Å². The van der Waals surface area contributed by atoms with E-state index < -0.39 is 0 Å². The number of allylic oxidation sites excluding steroid dienone is 1. The molecule has 0 radical (unpaired) electrons. The van der Waals surface area contributed by atoms with Crippen molar-refractivity contribution in [2.75, 3.05) is 18.0 Å². The van der Waals surface area contributed by atoms with Gasteiger partial charge in [-0.3, -0.25) is 9.59 Å². The Labute approximate surface area is 174 Å². The number of benzene rings is 2. The Hall–Kier alpha value is -3.54. The average Bonchev–Trinajstić information content (AvgIpc) is 3.29. The van der Waals surface area contributed by atoms with Crippen LogP contribution >= 0.6 is 0 Å². The molecule has 1 aliphatic heterocycles. The molecule has 6 heteroatoms. The second kappa shape index (κ2) is 8.45. The van der Waals surface area contributed by atoms with Gasteiger partial charge in [0.05, 0.1) is 5.56 Å². The lowest BCUT2D eigenvalue weighted by atomic mass is 10.00. The Bertz CT molecular complexity index is 1150. The van der Waals surface area contributed by atoms with E-state index in [1.807, 2.05) is 35.2 Å². The topological polar surface area (TPSA) is 55.2 Å². The van der Waals surface area contributed by atoms with Gasteiger partial charge in [0.1, 0.15) is 17.2 Å². The highest BCUT2D eigenvalue weighted by Gasteiger charge is 2.27. The highest BCUT2D eigenvalue weighted by molar-refractivity contribution is 6.14. The molecule has 0 bridgehead atoms. The molecular weight excluding hydrogens is 381 g/mol. The van der Waals surface area contributed by atoms with Crippen molar-refractivity contribution in [2.24, 2.45) is 7.05 Å². The zero-order chi connectivity index (χ0) is 21.1. The molecule has 3 aromatic rings. The second-order valence-corrected chi connectivity index (χ2v) is 7.31. The Balaban J connectivity index is 1.86. The quantitative estimate of drug-likeness (QED) is 0.476. The summed E-state index contributed by atoms with van der Waals surface area (Å²) in [6, 6.07) is 15.3. The third-order valence-corrected chi connectivity index (χ3v) is 5.23. The molecule has 0 atom stereocenters. The van der Waals surface area contributed by atoms with E-state index in [2.05, 4.69) is 5.10 Å². The number of aryl methyl sites for hydroxylation is 1. The molecule has 152 valence electrons. The maximum absolute atomic E-state index is 13.3. The van der Waals surface area contributed by atoms with Crippen molar-refractivity contribution in [3.8, 4) is 11.3 Å². The molecule has 1 saturated heterocycles. The predicted molar refractivity (Wildman–Crippen MR) is 116 cm³/mol. The molecule has 0 aliphatic carbocycles. The van der Waals surface area contributed by atoms with Crippen molar-refractivity contribution >= 4 is 17.5 Å². The van der Waals surface area contributed by atoms with E-state index in [0.29, 0.717) is 22.5 Å². The standard InChI is InChI=1S/C24H22FN3O2/c1-27-24(30)23(28-15-5-6-16-28)21(22(26-27)18-7-3-2-4-8-18)20(29)14-11-17-9-12-19(25)13-10-17/h2-4,7-14H,5-6,15-16H2,1H3/b14-11-. The Morgan fingerprint density at radius 2 is 1.70 bits per heavy atom. The van der Waals surface area contributed by atoms with Crippen molar-refractivity contribution in [1.82, 2.24) is 9.78 Å². The lowest BCUT2D eigenvalue weighted by molar-refractivity contribution is 0.104. The second-order valence-electron chi connectivity index (χ2n) is 7.31. The summed E-state index contributed by atoms with van der Waals surface area (Å²) in [6.07, 6.45) is 5.01. The molecule has 2 heterocycles. The number of nitrogens with zero attached hydrogens (tertiary/aromatic N) is 3. The summed E-state index contributed by atoms with van der Waals surface area (Å²) in [7, 11) is 1.61. The summed E-state index contributed by atoms with van der Waals surface area (Å²) >= 11 is 0. The predicted octanol–water partition coefficient (Wildman–Crippen LogP) is 4.08. The Morgan fingerprint density at radius 1 is 1.03 bits per heavy atom. The normalized spacial score (nSPS) is 13.9. The Kier molecular flexibility index (Phi) is 5.57. The van der Waals surface area contributed by atoms with Gasteiger partial charge in [-0.1, -0.05) is 48.5 Å². The molecule has 1 aromatic heterocycles. The van der Waals surface area contributed by atoms with Gasteiger partial charge in [-0.05, 0) is 36.6 Å². The van der Waals surface area contributed by atoms with Crippen molar-refractivity contribution in [1.29, 1.82) is 0 Å². The first-order chi connectivity index (χ1) is 14.5. The molecule has 1 fully saturated rings. The van der Waals surface area contributed by atoms with Gasteiger partial charge in [-0.25, -0.2) is 9.07 Å². The van der Waals surface area contributed by atoms with Gasteiger partial charge in [0.25, 0.3) is 5.56 Å². The summed E-state index contributed by atoms with van der Waals surface area (Å²) < 4.78 is 14.5. The average molecular weight is 403 g/mol. The summed E-state index contributed by atoms with van der Waals surface area (Å²) in [5, 5.41) is 4.44. The van der Waals surface area contributed by atoms with Crippen LogP contribution in [-0.4, -0.2) is 28.7 Å². The molecule has 0 N–H and O–H groups in total. The first kappa shape index (κ1) is 19.8. The lowest BCUT2D eigenvalue weighted by Crippen LogP contribution is -2.33. The van der Waals surface area contributed by atoms with Gasteiger partial charge in [0.2, 0.25) is 0 Å². The van der Waals surface area contributed by atoms with E-state index in [0.717, 1.165) is 31.5 Å². The van der Waals surface area contributed by atoms with Crippen LogP contribution in [0, 0.1) is 5.82 Å². The monoisotopic (exact) mass is 403 g/mol. The summed E-state index contributed by atoms with van der Waals surface area (Å²) in [5.74, 6) is -0.637. The van der Waals surface area contributed by atoms with Crippen molar-refractivity contribution in [3.05, 3.63) is 88.0 Å². The van der Waals surface area contributed by atoms with Gasteiger partial charge in [0.15, 0.2) is 5.78 Å². The van der Waals surface area contributed by atoms with Crippen LogP contribution in [0.5, 0.6) is 0 Å². The van der Waals surface area contributed by atoms with Gasteiger partial charge in [-0.2, -0.15) is 5.10 Å². The maximum Gasteiger partial charge on any atom is 0.290 e. The van der Waals surface area contributed by atoms with Crippen LogP contribution in [0.15, 0.2) is 65.5 Å². The number of hydrogen-bond acceptors (Lipinski definition) is 4. The summed E-state index contributed by atoms with van der Waals surface area (Å²) in [5.41, 5.74) is 2.38. The minimum atomic E-state index is -0.336. The number of carbonyl (C=O) groups excluding carboxylic acids is 1. The van der Waals surface area contributed by atoms with Gasteiger partial charge < -0.3 is 4.90 Å². The van der Waals surface area contributed by atoms with Crippen LogP contribution in [0.1, 0.15) is 28.8 Å². The minimum Gasteiger partial charge on any atom is -0.366 e. The highest BCUT2D eigenvalue weighted by Crippen LogP contribution is 2.29. The lowest BCUT2D eigenvalue weighted by Gasteiger charge is -2.22. The number of anilines is 1. The fourth-order valence-electron chi connectivity index (χ4n) is 3.71. The number of halogens is 1. The number of hydrogen-bond donors (Lipinski definition) is 0. The molecule has 30 heavy (non-hydrogen) atoms. The first-order valence-electron chi connectivity index (χ1n) is 9.94. The fourth-order valence-corrected chi connectivity index (χ4v) is 3.71. The van der Waals surface area contributed by atoms with E-state index in [-0.39, 0.29) is 17.2 Å². The van der Waals surface area contributed by atoms with Crippen LogP contribution in [-0.2, 0) is 7.05 Å². The van der Waals surface area contributed by atoms with Crippen LogP contribution in [0.25, 0.3) is 17.3 Å². The zero-order valence-corrected chi connectivity index (χ0v) is 16.7. The zero-order valence-electron chi connectivity index (χ0n) is 16.7. The Morgan fingerprint density at radius 3 is 2.37 bits per heavy atom. The van der Waals surface area contributed by atoms with Crippen molar-refractivity contribution in [3.63, 3.8) is 0 Å². The fraction of sp³-hybridized carbons (Fsp3) is 0.208. The number of aromatic nitrogens is 2. The van der Waals surface area contributed by atoms with E-state index in [4.69, 9.17) is 0 Å². The number of ketones is 1. The van der Waals surface area contributed by atoms with Crippen LogP contribution in [0.4, 0.5) is 10.1 Å². The molecule has 0 spiro atoms. The largest absolute Gasteiger partial charge is 0.366 e. The molecule has 2 aromatic carbocycles. The van der Waals surface area contributed by atoms with Crippen LogP contribution in [0.2, 0.25) is 0 Å². The van der Waals surface area contributed by atoms with Gasteiger partial charge in [0, 0.05) is 25.7 Å². The third kappa shape index (κ3) is 3.94. The molecule has 1 aliphatic rings. The third-order valence-electron chi connectivity index (χ3n) is 5.23. The number of carbonyl (C=O) groups is 1. The maximum atomic E-state index is 13.3. The number of rotatable bonds is 5.